The van der Waals surface area contributed by atoms with E-state index < -0.39 is 5.82 Å². The molecular formula is C12H10BrClFN3O. The smallest absolute Gasteiger partial charge is 0.243 e. The van der Waals surface area contributed by atoms with Gasteiger partial charge in [-0.2, -0.15) is 4.98 Å². The van der Waals surface area contributed by atoms with Gasteiger partial charge in [0.2, 0.25) is 11.8 Å². The molecule has 0 aliphatic rings. The molecule has 7 heteroatoms. The second kappa shape index (κ2) is 6.16. The van der Waals surface area contributed by atoms with Gasteiger partial charge in [0, 0.05) is 11.0 Å². The quantitative estimate of drug-likeness (QED) is 0.899. The van der Waals surface area contributed by atoms with Crippen LogP contribution in [0, 0.1) is 5.82 Å². The van der Waals surface area contributed by atoms with Gasteiger partial charge in [-0.25, -0.2) is 9.37 Å². The Kier molecular flexibility index (Phi) is 4.55. The van der Waals surface area contributed by atoms with Gasteiger partial charge in [-0.05, 0) is 25.1 Å². The maximum absolute atomic E-state index is 13.6. The minimum Gasteiger partial charge on any atom is -0.434 e. The second-order valence-electron chi connectivity index (χ2n) is 3.55. The fraction of sp³-hybridized carbons (Fsp3) is 0.167. The molecule has 100 valence electrons. The molecular weight excluding hydrogens is 337 g/mol. The Balaban J connectivity index is 2.31. The van der Waals surface area contributed by atoms with E-state index >= 15 is 0 Å². The van der Waals surface area contributed by atoms with Gasteiger partial charge in [0.25, 0.3) is 0 Å². The van der Waals surface area contributed by atoms with Crippen molar-refractivity contribution in [2.45, 2.75) is 6.92 Å². The topological polar surface area (TPSA) is 47.0 Å². The van der Waals surface area contributed by atoms with Gasteiger partial charge < -0.3 is 10.1 Å². The van der Waals surface area contributed by atoms with E-state index in [9.17, 15) is 4.39 Å². The van der Waals surface area contributed by atoms with Gasteiger partial charge in [-0.1, -0.05) is 27.5 Å². The maximum Gasteiger partial charge on any atom is 0.243 e. The summed E-state index contributed by atoms with van der Waals surface area (Å²) in [5.41, 5.74) is 0. The van der Waals surface area contributed by atoms with Crippen molar-refractivity contribution in [2.75, 3.05) is 11.9 Å². The van der Waals surface area contributed by atoms with E-state index in [0.717, 1.165) is 0 Å². The van der Waals surface area contributed by atoms with Crippen LogP contribution in [0.25, 0.3) is 0 Å². The van der Waals surface area contributed by atoms with Gasteiger partial charge in [0.15, 0.2) is 11.6 Å². The fourth-order valence-corrected chi connectivity index (χ4v) is 1.80. The number of ether oxygens (including phenoxy) is 1. The predicted molar refractivity (Wildman–Crippen MR) is 75.4 cm³/mol. The molecule has 1 aromatic heterocycles. The molecule has 0 fully saturated rings. The summed E-state index contributed by atoms with van der Waals surface area (Å²) in [6, 6.07) is 4.37. The Bertz CT molecular complexity index is 597. The second-order valence-corrected chi connectivity index (χ2v) is 4.88. The van der Waals surface area contributed by atoms with Gasteiger partial charge in [0.1, 0.15) is 5.02 Å². The van der Waals surface area contributed by atoms with Crippen LogP contribution in [0.3, 0.4) is 0 Å². The molecule has 0 amide bonds. The molecule has 0 unspecified atom stereocenters. The minimum absolute atomic E-state index is 0.0393. The summed E-state index contributed by atoms with van der Waals surface area (Å²) in [7, 11) is 0. The summed E-state index contributed by atoms with van der Waals surface area (Å²) >= 11 is 9.17. The third-order valence-corrected chi connectivity index (χ3v) is 2.90. The van der Waals surface area contributed by atoms with E-state index in [1.165, 1.54) is 18.3 Å². The van der Waals surface area contributed by atoms with E-state index in [2.05, 4.69) is 31.2 Å². The normalized spacial score (nSPS) is 10.3. The molecule has 0 saturated carbocycles. The van der Waals surface area contributed by atoms with Crippen molar-refractivity contribution in [3.8, 4) is 11.6 Å². The molecule has 0 spiro atoms. The number of anilines is 1. The summed E-state index contributed by atoms with van der Waals surface area (Å²) < 4.78 is 19.7. The number of nitrogens with zero attached hydrogens (tertiary/aromatic N) is 2. The zero-order chi connectivity index (χ0) is 13.8. The highest BCUT2D eigenvalue weighted by Gasteiger charge is 2.11. The Hall–Kier alpha value is -1.40. The van der Waals surface area contributed by atoms with Crippen LogP contribution >= 0.6 is 27.5 Å². The molecule has 2 aromatic rings. The van der Waals surface area contributed by atoms with Crippen LogP contribution in [-0.2, 0) is 0 Å². The Labute approximate surface area is 123 Å². The van der Waals surface area contributed by atoms with Crippen LogP contribution in [0.4, 0.5) is 10.3 Å². The van der Waals surface area contributed by atoms with Crippen LogP contribution in [0.2, 0.25) is 5.02 Å². The molecule has 19 heavy (non-hydrogen) atoms. The number of rotatable bonds is 4. The van der Waals surface area contributed by atoms with E-state index in [1.807, 2.05) is 6.92 Å². The molecule has 1 N–H and O–H groups in total. The Morgan fingerprint density at radius 2 is 2.26 bits per heavy atom. The standard InChI is InChI=1S/C12H10BrClFN3O/c1-2-16-12-17-6-8(14)11(18-12)19-10-5-7(13)3-4-9(10)15/h3-6H,2H2,1H3,(H,16,17,18). The van der Waals surface area contributed by atoms with Crippen molar-refractivity contribution >= 4 is 33.5 Å². The van der Waals surface area contributed by atoms with Crippen molar-refractivity contribution in [3.63, 3.8) is 0 Å². The summed E-state index contributed by atoms with van der Waals surface area (Å²) in [5, 5.41) is 3.13. The van der Waals surface area contributed by atoms with Gasteiger partial charge in [0.05, 0.1) is 6.20 Å². The van der Waals surface area contributed by atoms with Gasteiger partial charge in [-0.3, -0.25) is 0 Å². The number of hydrogen-bond donors (Lipinski definition) is 1. The fourth-order valence-electron chi connectivity index (χ4n) is 1.33. The van der Waals surface area contributed by atoms with Crippen molar-refractivity contribution in [1.82, 2.24) is 9.97 Å². The van der Waals surface area contributed by atoms with E-state index in [0.29, 0.717) is 17.0 Å². The number of benzene rings is 1. The van der Waals surface area contributed by atoms with Crippen LogP contribution in [0.15, 0.2) is 28.9 Å². The highest BCUT2D eigenvalue weighted by atomic mass is 79.9. The largest absolute Gasteiger partial charge is 0.434 e. The first-order valence-corrected chi connectivity index (χ1v) is 6.66. The highest BCUT2D eigenvalue weighted by Crippen LogP contribution is 2.30. The van der Waals surface area contributed by atoms with E-state index in [-0.39, 0.29) is 16.7 Å². The van der Waals surface area contributed by atoms with Crippen LogP contribution in [-0.4, -0.2) is 16.5 Å². The lowest BCUT2D eigenvalue weighted by atomic mass is 10.3. The molecule has 0 saturated heterocycles. The molecule has 2 rings (SSSR count). The molecule has 4 nitrogen and oxygen atoms in total. The first-order chi connectivity index (χ1) is 9.10. The van der Waals surface area contributed by atoms with Gasteiger partial charge in [-0.15, -0.1) is 0 Å². The van der Waals surface area contributed by atoms with E-state index in [1.54, 1.807) is 6.07 Å². The summed E-state index contributed by atoms with van der Waals surface area (Å²) in [4.78, 5) is 8.04. The third-order valence-electron chi connectivity index (χ3n) is 2.15. The molecule has 0 aliphatic carbocycles. The molecule has 1 aromatic carbocycles. The SMILES string of the molecule is CCNc1ncc(Cl)c(Oc2cc(Br)ccc2F)n1. The first-order valence-electron chi connectivity index (χ1n) is 5.49. The molecule has 0 bridgehead atoms. The zero-order valence-corrected chi connectivity index (χ0v) is 12.3. The van der Waals surface area contributed by atoms with E-state index in [4.69, 9.17) is 16.3 Å². The summed E-state index contributed by atoms with van der Waals surface area (Å²) in [5.74, 6) is 0.0159. The first kappa shape index (κ1) is 14.0. The van der Waals surface area contributed by atoms with Crippen LogP contribution in [0.5, 0.6) is 11.6 Å². The van der Waals surface area contributed by atoms with Crippen molar-refractivity contribution < 1.29 is 9.13 Å². The zero-order valence-electron chi connectivity index (χ0n) is 9.95. The lowest BCUT2D eigenvalue weighted by Gasteiger charge is -2.09. The van der Waals surface area contributed by atoms with Gasteiger partial charge >= 0.3 is 0 Å². The maximum atomic E-state index is 13.6. The molecule has 0 radical (unpaired) electrons. The van der Waals surface area contributed by atoms with Crippen molar-refractivity contribution in [2.24, 2.45) is 0 Å². The number of hydrogen-bond acceptors (Lipinski definition) is 4. The van der Waals surface area contributed by atoms with Crippen LogP contribution < -0.4 is 10.1 Å². The van der Waals surface area contributed by atoms with Crippen molar-refractivity contribution in [3.05, 3.63) is 39.7 Å². The molecule has 0 aliphatic heterocycles. The average Bonchev–Trinajstić information content (AvgIpc) is 2.38. The lowest BCUT2D eigenvalue weighted by molar-refractivity contribution is 0.427. The number of nitrogens with one attached hydrogen (secondary N) is 1. The number of halogens is 3. The molecule has 1 heterocycles. The average molecular weight is 347 g/mol. The van der Waals surface area contributed by atoms with Crippen molar-refractivity contribution in [1.29, 1.82) is 0 Å². The van der Waals surface area contributed by atoms with Crippen LogP contribution in [0.1, 0.15) is 6.92 Å². The monoisotopic (exact) mass is 345 g/mol. The number of aromatic nitrogens is 2. The Morgan fingerprint density at radius 3 is 3.00 bits per heavy atom. The lowest BCUT2D eigenvalue weighted by Crippen LogP contribution is -2.03. The predicted octanol–water partition coefficient (Wildman–Crippen LogP) is 4.26. The third kappa shape index (κ3) is 3.54. The summed E-state index contributed by atoms with van der Waals surface area (Å²) in [6.07, 6.45) is 1.40. The summed E-state index contributed by atoms with van der Waals surface area (Å²) in [6.45, 7) is 2.57. The Morgan fingerprint density at radius 1 is 1.47 bits per heavy atom. The minimum atomic E-state index is -0.497. The molecule has 0 atom stereocenters. The highest BCUT2D eigenvalue weighted by molar-refractivity contribution is 9.10.